The second-order valence-corrected chi connectivity index (χ2v) is 8.11. The van der Waals surface area contributed by atoms with Crippen molar-refractivity contribution < 1.29 is 4.42 Å². The molecule has 4 heteroatoms. The fourth-order valence-corrected chi connectivity index (χ4v) is 4.60. The van der Waals surface area contributed by atoms with Crippen LogP contribution in [0.1, 0.15) is 5.56 Å². The minimum Gasteiger partial charge on any atom is -0.456 e. The fourth-order valence-electron chi connectivity index (χ4n) is 4.60. The van der Waals surface area contributed by atoms with Crippen molar-refractivity contribution in [3.05, 3.63) is 109 Å². The third-order valence-electron chi connectivity index (χ3n) is 6.23. The van der Waals surface area contributed by atoms with Crippen molar-refractivity contribution in [2.24, 2.45) is 16.7 Å². The smallest absolute Gasteiger partial charge is 0.150 e. The van der Waals surface area contributed by atoms with Gasteiger partial charge in [0.25, 0.3) is 0 Å². The number of amidine groups is 1. The standard InChI is InChI=1S/C29H21N3O/c30-29(32-31)24-8-4-3-6-22(24)20-11-9-18(10-12-20)21-14-15-26-25(17-21)28-23-7-2-1-5-19(23)13-16-27(28)33-26/h1-17H,31H2,(H2,30,32). The van der Waals surface area contributed by atoms with Crippen LogP contribution in [0.3, 0.4) is 0 Å². The van der Waals surface area contributed by atoms with Crippen LogP contribution >= 0.6 is 0 Å². The Balaban J connectivity index is 1.47. The van der Waals surface area contributed by atoms with Crippen LogP contribution < -0.4 is 11.6 Å². The lowest BCUT2D eigenvalue weighted by molar-refractivity contribution is 0.669. The van der Waals surface area contributed by atoms with Gasteiger partial charge in [0.1, 0.15) is 11.2 Å². The fraction of sp³-hybridized carbons (Fsp3) is 0. The van der Waals surface area contributed by atoms with Crippen molar-refractivity contribution in [1.82, 2.24) is 0 Å². The van der Waals surface area contributed by atoms with Crippen molar-refractivity contribution >= 4 is 38.5 Å². The van der Waals surface area contributed by atoms with Crippen LogP contribution in [0, 0.1) is 0 Å². The molecule has 0 fully saturated rings. The highest BCUT2D eigenvalue weighted by Gasteiger charge is 2.12. The lowest BCUT2D eigenvalue weighted by atomic mass is 9.96. The molecule has 0 bridgehead atoms. The second kappa shape index (κ2) is 7.53. The largest absolute Gasteiger partial charge is 0.456 e. The highest BCUT2D eigenvalue weighted by molar-refractivity contribution is 6.19. The molecule has 33 heavy (non-hydrogen) atoms. The van der Waals surface area contributed by atoms with E-state index in [9.17, 15) is 0 Å². The van der Waals surface area contributed by atoms with Gasteiger partial charge in [0.2, 0.25) is 0 Å². The maximum Gasteiger partial charge on any atom is 0.150 e. The topological polar surface area (TPSA) is 77.5 Å². The van der Waals surface area contributed by atoms with E-state index in [0.29, 0.717) is 5.84 Å². The lowest BCUT2D eigenvalue weighted by Gasteiger charge is -2.10. The Kier molecular flexibility index (Phi) is 4.37. The van der Waals surface area contributed by atoms with Crippen LogP contribution in [0.5, 0.6) is 0 Å². The van der Waals surface area contributed by atoms with Gasteiger partial charge in [-0.15, -0.1) is 0 Å². The molecule has 1 aromatic heterocycles. The Bertz CT molecular complexity index is 1680. The summed E-state index contributed by atoms with van der Waals surface area (Å²) >= 11 is 0. The zero-order valence-electron chi connectivity index (χ0n) is 17.8. The van der Waals surface area contributed by atoms with Crippen molar-refractivity contribution in [1.29, 1.82) is 0 Å². The van der Waals surface area contributed by atoms with E-state index >= 15 is 0 Å². The van der Waals surface area contributed by atoms with Crippen LogP contribution in [0.2, 0.25) is 0 Å². The summed E-state index contributed by atoms with van der Waals surface area (Å²) in [5.41, 5.74) is 13.0. The van der Waals surface area contributed by atoms with E-state index in [0.717, 1.165) is 49.8 Å². The van der Waals surface area contributed by atoms with Crippen LogP contribution in [0.25, 0.3) is 55.0 Å². The average molecular weight is 428 g/mol. The second-order valence-electron chi connectivity index (χ2n) is 8.11. The van der Waals surface area contributed by atoms with Gasteiger partial charge in [-0.3, -0.25) is 0 Å². The monoisotopic (exact) mass is 427 g/mol. The minimum atomic E-state index is 0.319. The molecule has 6 aromatic rings. The third kappa shape index (κ3) is 3.12. The van der Waals surface area contributed by atoms with Crippen LogP contribution in [0.4, 0.5) is 0 Å². The molecule has 158 valence electrons. The highest BCUT2D eigenvalue weighted by Crippen LogP contribution is 2.37. The molecule has 0 aliphatic heterocycles. The normalized spacial score (nSPS) is 12.1. The SMILES string of the molecule is N/N=C(\N)c1ccccc1-c1ccc(-c2ccc3oc4ccc5ccccc5c4c3c2)cc1. The van der Waals surface area contributed by atoms with E-state index < -0.39 is 0 Å². The quantitative estimate of drug-likeness (QED) is 0.144. The number of rotatable bonds is 3. The number of nitrogens with zero attached hydrogens (tertiary/aromatic N) is 1. The molecule has 0 radical (unpaired) electrons. The number of hydrogen-bond donors (Lipinski definition) is 2. The first-order chi connectivity index (χ1) is 16.2. The van der Waals surface area contributed by atoms with E-state index in [1.807, 2.05) is 24.3 Å². The summed E-state index contributed by atoms with van der Waals surface area (Å²) in [5, 5.41) is 8.37. The van der Waals surface area contributed by atoms with Crippen LogP contribution in [0.15, 0.2) is 113 Å². The maximum absolute atomic E-state index is 6.14. The van der Waals surface area contributed by atoms with Gasteiger partial charge in [-0.1, -0.05) is 84.9 Å². The Labute approximate surface area is 190 Å². The van der Waals surface area contributed by atoms with Crippen molar-refractivity contribution in [2.75, 3.05) is 0 Å². The molecule has 0 unspecified atom stereocenters. The molecule has 1 heterocycles. The molecule has 0 saturated heterocycles. The third-order valence-corrected chi connectivity index (χ3v) is 6.23. The van der Waals surface area contributed by atoms with Gasteiger partial charge < -0.3 is 16.0 Å². The van der Waals surface area contributed by atoms with E-state index in [-0.39, 0.29) is 0 Å². The Morgan fingerprint density at radius 1 is 0.636 bits per heavy atom. The predicted octanol–water partition coefficient (Wildman–Crippen LogP) is 6.65. The van der Waals surface area contributed by atoms with Crippen molar-refractivity contribution in [2.45, 2.75) is 0 Å². The van der Waals surface area contributed by atoms with E-state index in [2.05, 4.69) is 84.0 Å². The molecular formula is C29H21N3O. The van der Waals surface area contributed by atoms with Crippen LogP contribution in [-0.2, 0) is 0 Å². The summed E-state index contributed by atoms with van der Waals surface area (Å²) in [4.78, 5) is 0. The summed E-state index contributed by atoms with van der Waals surface area (Å²) < 4.78 is 6.14. The van der Waals surface area contributed by atoms with Gasteiger partial charge in [0.15, 0.2) is 5.84 Å². The first-order valence-corrected chi connectivity index (χ1v) is 10.8. The Hall–Kier alpha value is -4.57. The predicted molar refractivity (Wildman–Crippen MR) is 137 cm³/mol. The molecule has 0 atom stereocenters. The molecule has 6 rings (SSSR count). The average Bonchev–Trinajstić information content (AvgIpc) is 3.27. The van der Waals surface area contributed by atoms with Crippen molar-refractivity contribution in [3.8, 4) is 22.3 Å². The highest BCUT2D eigenvalue weighted by atomic mass is 16.3. The molecule has 0 aliphatic carbocycles. The molecule has 0 spiro atoms. The number of nitrogens with two attached hydrogens (primary N) is 2. The molecule has 5 aromatic carbocycles. The minimum absolute atomic E-state index is 0.319. The van der Waals surface area contributed by atoms with Gasteiger partial charge >= 0.3 is 0 Å². The Morgan fingerprint density at radius 2 is 1.33 bits per heavy atom. The molecule has 4 N–H and O–H groups in total. The molecular weight excluding hydrogens is 406 g/mol. The van der Waals surface area contributed by atoms with Crippen molar-refractivity contribution in [3.63, 3.8) is 0 Å². The summed E-state index contributed by atoms with van der Waals surface area (Å²) in [6.07, 6.45) is 0. The summed E-state index contributed by atoms with van der Waals surface area (Å²) in [6.45, 7) is 0. The number of hydrazone groups is 1. The first-order valence-electron chi connectivity index (χ1n) is 10.8. The molecule has 0 amide bonds. The Morgan fingerprint density at radius 3 is 2.18 bits per heavy atom. The lowest BCUT2D eigenvalue weighted by Crippen LogP contribution is -2.16. The van der Waals surface area contributed by atoms with Gasteiger partial charge in [-0.05, 0) is 51.2 Å². The van der Waals surface area contributed by atoms with Gasteiger partial charge in [-0.2, -0.15) is 5.10 Å². The first kappa shape index (κ1) is 19.1. The molecule has 0 aliphatic rings. The molecule has 4 nitrogen and oxygen atoms in total. The summed E-state index contributed by atoms with van der Waals surface area (Å²) in [6, 6.07) is 35.3. The van der Waals surface area contributed by atoms with Gasteiger partial charge in [0.05, 0.1) is 0 Å². The van der Waals surface area contributed by atoms with Crippen LogP contribution in [-0.4, -0.2) is 5.84 Å². The maximum atomic E-state index is 6.14. The summed E-state index contributed by atoms with van der Waals surface area (Å²) in [7, 11) is 0. The van der Waals surface area contributed by atoms with Gasteiger partial charge in [0, 0.05) is 16.3 Å². The molecule has 0 saturated carbocycles. The number of fused-ring (bicyclic) bond motifs is 5. The number of furan rings is 1. The summed E-state index contributed by atoms with van der Waals surface area (Å²) in [5.74, 6) is 5.74. The zero-order chi connectivity index (χ0) is 22.4. The number of hydrogen-bond acceptors (Lipinski definition) is 3. The van der Waals surface area contributed by atoms with E-state index in [1.54, 1.807) is 0 Å². The van der Waals surface area contributed by atoms with E-state index in [1.165, 1.54) is 10.8 Å². The number of benzene rings is 5. The van der Waals surface area contributed by atoms with E-state index in [4.69, 9.17) is 16.0 Å². The van der Waals surface area contributed by atoms with Gasteiger partial charge in [-0.25, -0.2) is 0 Å². The zero-order valence-corrected chi connectivity index (χ0v) is 17.8.